The molecule has 0 aliphatic carbocycles. The first-order valence-corrected chi connectivity index (χ1v) is 9.74. The molecular weight excluding hydrogens is 375 g/mol. The van der Waals surface area contributed by atoms with E-state index in [-0.39, 0.29) is 16.5 Å². The monoisotopic (exact) mass is 399 g/mol. The van der Waals surface area contributed by atoms with Crippen LogP contribution in [0.25, 0.3) is 10.6 Å². The molecule has 1 aromatic carbocycles. The van der Waals surface area contributed by atoms with Gasteiger partial charge in [0.15, 0.2) is 0 Å². The van der Waals surface area contributed by atoms with E-state index >= 15 is 0 Å². The zero-order valence-electron chi connectivity index (χ0n) is 15.7. The third-order valence-corrected chi connectivity index (χ3v) is 5.49. The van der Waals surface area contributed by atoms with E-state index in [0.717, 1.165) is 43.5 Å². The van der Waals surface area contributed by atoms with Gasteiger partial charge in [-0.05, 0) is 39.0 Å². The molecule has 1 N–H and O–H groups in total. The first-order valence-electron chi connectivity index (χ1n) is 8.92. The number of alkyl halides is 3. The van der Waals surface area contributed by atoms with Crippen molar-refractivity contribution in [3.63, 3.8) is 0 Å². The molecule has 0 unspecified atom stereocenters. The normalized spacial score (nSPS) is 11.8. The van der Waals surface area contributed by atoms with Crippen LogP contribution in [0.2, 0.25) is 0 Å². The zero-order valence-corrected chi connectivity index (χ0v) is 16.5. The smallest absolute Gasteiger partial charge is 0.351 e. The van der Waals surface area contributed by atoms with Crippen LogP contribution in [0.15, 0.2) is 24.3 Å². The molecule has 0 saturated heterocycles. The summed E-state index contributed by atoms with van der Waals surface area (Å²) in [5, 5.41) is 3.04. The second-order valence-electron chi connectivity index (χ2n) is 6.11. The minimum absolute atomic E-state index is 0.00122. The molecule has 0 aliphatic heterocycles. The SMILES string of the molecule is CCN(CC)CCCNC(=O)c1sc(-c2ccccc2C(F)(F)F)nc1C. The van der Waals surface area contributed by atoms with Gasteiger partial charge in [0, 0.05) is 12.1 Å². The topological polar surface area (TPSA) is 45.2 Å². The Morgan fingerprint density at radius 1 is 1.22 bits per heavy atom. The molecule has 1 aromatic heterocycles. The van der Waals surface area contributed by atoms with E-state index in [1.165, 1.54) is 18.2 Å². The lowest BCUT2D eigenvalue weighted by molar-refractivity contribution is -0.137. The molecule has 2 rings (SSSR count). The van der Waals surface area contributed by atoms with E-state index in [1.807, 2.05) is 0 Å². The lowest BCUT2D eigenvalue weighted by Gasteiger charge is -2.17. The Balaban J connectivity index is 2.10. The summed E-state index contributed by atoms with van der Waals surface area (Å²) in [6.45, 7) is 9.13. The van der Waals surface area contributed by atoms with E-state index in [4.69, 9.17) is 0 Å². The Bertz CT molecular complexity index is 770. The summed E-state index contributed by atoms with van der Waals surface area (Å²) in [6, 6.07) is 5.29. The van der Waals surface area contributed by atoms with Crippen molar-refractivity contribution in [3.8, 4) is 10.6 Å². The highest BCUT2D eigenvalue weighted by Gasteiger charge is 2.34. The number of nitrogens with zero attached hydrogens (tertiary/aromatic N) is 2. The second kappa shape index (κ2) is 9.32. The summed E-state index contributed by atoms with van der Waals surface area (Å²) in [5.41, 5.74) is -0.308. The number of carbonyl (C=O) groups excluding carboxylic acids is 1. The molecule has 1 heterocycles. The van der Waals surface area contributed by atoms with Crippen LogP contribution in [-0.4, -0.2) is 42.0 Å². The summed E-state index contributed by atoms with van der Waals surface area (Å²) in [5.74, 6) is -0.291. The predicted molar refractivity (Wildman–Crippen MR) is 102 cm³/mol. The first-order chi connectivity index (χ1) is 12.8. The molecule has 148 valence electrons. The highest BCUT2D eigenvalue weighted by molar-refractivity contribution is 7.17. The van der Waals surface area contributed by atoms with Crippen molar-refractivity contribution < 1.29 is 18.0 Å². The fraction of sp³-hybridized carbons (Fsp3) is 0.474. The van der Waals surface area contributed by atoms with Crippen LogP contribution in [0.5, 0.6) is 0 Å². The van der Waals surface area contributed by atoms with Crippen molar-refractivity contribution in [2.24, 2.45) is 0 Å². The van der Waals surface area contributed by atoms with Gasteiger partial charge in [0.25, 0.3) is 5.91 Å². The minimum Gasteiger partial charge on any atom is -0.351 e. The van der Waals surface area contributed by atoms with E-state index < -0.39 is 11.7 Å². The van der Waals surface area contributed by atoms with Crippen LogP contribution in [0.1, 0.15) is 41.2 Å². The van der Waals surface area contributed by atoms with Gasteiger partial charge in [-0.3, -0.25) is 4.79 Å². The summed E-state index contributed by atoms with van der Waals surface area (Å²) in [6.07, 6.45) is -3.65. The van der Waals surface area contributed by atoms with Crippen molar-refractivity contribution >= 4 is 17.2 Å². The average molecular weight is 399 g/mol. The Labute approximate surface area is 161 Å². The van der Waals surface area contributed by atoms with Gasteiger partial charge in [0.2, 0.25) is 0 Å². The molecule has 1 amide bonds. The van der Waals surface area contributed by atoms with Gasteiger partial charge in [-0.25, -0.2) is 4.98 Å². The van der Waals surface area contributed by atoms with Crippen LogP contribution in [0.4, 0.5) is 13.2 Å². The maximum Gasteiger partial charge on any atom is 0.417 e. The van der Waals surface area contributed by atoms with Crippen LogP contribution >= 0.6 is 11.3 Å². The Hall–Kier alpha value is -1.93. The first kappa shape index (κ1) is 21.4. The van der Waals surface area contributed by atoms with Crippen molar-refractivity contribution in [2.45, 2.75) is 33.4 Å². The maximum absolute atomic E-state index is 13.2. The van der Waals surface area contributed by atoms with Crippen LogP contribution < -0.4 is 5.32 Å². The Morgan fingerprint density at radius 2 is 1.89 bits per heavy atom. The summed E-state index contributed by atoms with van der Waals surface area (Å²) >= 11 is 0.991. The maximum atomic E-state index is 13.2. The Morgan fingerprint density at radius 3 is 2.52 bits per heavy atom. The van der Waals surface area contributed by atoms with E-state index in [2.05, 4.69) is 29.0 Å². The van der Waals surface area contributed by atoms with Gasteiger partial charge in [0.1, 0.15) is 9.88 Å². The molecule has 0 fully saturated rings. The predicted octanol–water partition coefficient (Wildman–Crippen LogP) is 4.60. The number of hydrogen-bond acceptors (Lipinski definition) is 4. The average Bonchev–Trinajstić information content (AvgIpc) is 3.03. The standard InChI is InChI=1S/C19H24F3N3OS/c1-4-25(5-2)12-8-11-23-17(26)16-13(3)24-18(27-16)14-9-6-7-10-15(14)19(20,21)22/h6-7,9-10H,4-5,8,11-12H2,1-3H3,(H,23,26). The van der Waals surface area contributed by atoms with Gasteiger partial charge < -0.3 is 10.2 Å². The number of halogens is 3. The fourth-order valence-electron chi connectivity index (χ4n) is 2.76. The zero-order chi connectivity index (χ0) is 20.0. The third-order valence-electron chi connectivity index (χ3n) is 4.30. The lowest BCUT2D eigenvalue weighted by atomic mass is 10.1. The number of hydrogen-bond donors (Lipinski definition) is 1. The van der Waals surface area contributed by atoms with Gasteiger partial charge in [-0.15, -0.1) is 11.3 Å². The Kier molecular flexibility index (Phi) is 7.38. The highest BCUT2D eigenvalue weighted by atomic mass is 32.1. The van der Waals surface area contributed by atoms with Gasteiger partial charge in [-0.1, -0.05) is 32.0 Å². The summed E-state index contributed by atoms with van der Waals surface area (Å²) < 4.78 is 39.7. The number of thiazole rings is 1. The van der Waals surface area contributed by atoms with Crippen LogP contribution in [0, 0.1) is 6.92 Å². The van der Waals surface area contributed by atoms with E-state index in [1.54, 1.807) is 6.92 Å². The van der Waals surface area contributed by atoms with E-state index in [9.17, 15) is 18.0 Å². The van der Waals surface area contributed by atoms with Crippen LogP contribution in [0.3, 0.4) is 0 Å². The quantitative estimate of drug-likeness (QED) is 0.660. The van der Waals surface area contributed by atoms with Gasteiger partial charge in [-0.2, -0.15) is 13.2 Å². The lowest BCUT2D eigenvalue weighted by Crippen LogP contribution is -2.29. The third kappa shape index (κ3) is 5.52. The van der Waals surface area contributed by atoms with Crippen LogP contribution in [-0.2, 0) is 6.18 Å². The summed E-state index contributed by atoms with van der Waals surface area (Å²) in [7, 11) is 0. The van der Waals surface area contributed by atoms with Gasteiger partial charge >= 0.3 is 6.18 Å². The highest BCUT2D eigenvalue weighted by Crippen LogP contribution is 2.38. The number of benzene rings is 1. The number of carbonyl (C=O) groups is 1. The largest absolute Gasteiger partial charge is 0.417 e. The summed E-state index contributed by atoms with van der Waals surface area (Å²) in [4.78, 5) is 19.2. The molecule has 8 heteroatoms. The van der Waals surface area contributed by atoms with E-state index in [0.29, 0.717) is 17.1 Å². The molecule has 0 aliphatic rings. The molecular formula is C19H24F3N3OS. The molecule has 2 aromatic rings. The fourth-order valence-corrected chi connectivity index (χ4v) is 3.79. The number of rotatable bonds is 8. The van der Waals surface area contributed by atoms with Crippen molar-refractivity contribution in [3.05, 3.63) is 40.4 Å². The number of nitrogens with one attached hydrogen (secondary N) is 1. The minimum atomic E-state index is -4.47. The molecule has 0 radical (unpaired) electrons. The molecule has 0 saturated carbocycles. The molecule has 4 nitrogen and oxygen atoms in total. The number of amides is 1. The molecule has 0 bridgehead atoms. The number of aromatic nitrogens is 1. The van der Waals surface area contributed by atoms with Crippen molar-refractivity contribution in [1.82, 2.24) is 15.2 Å². The second-order valence-corrected chi connectivity index (χ2v) is 7.11. The van der Waals surface area contributed by atoms with Gasteiger partial charge in [0.05, 0.1) is 11.3 Å². The molecule has 0 spiro atoms. The molecule has 0 atom stereocenters. The number of aryl methyl sites for hydroxylation is 1. The van der Waals surface area contributed by atoms with Crippen molar-refractivity contribution in [1.29, 1.82) is 0 Å². The molecule has 27 heavy (non-hydrogen) atoms. The van der Waals surface area contributed by atoms with Crippen molar-refractivity contribution in [2.75, 3.05) is 26.2 Å².